The predicted molar refractivity (Wildman–Crippen MR) is 93.4 cm³/mol. The molecule has 0 bridgehead atoms. The Balaban J connectivity index is 2.38. The molecule has 0 amide bonds. The Bertz CT molecular complexity index is 585. The molecule has 1 aromatic heterocycles. The molecule has 0 aliphatic rings. The van der Waals surface area contributed by atoms with E-state index in [1.165, 1.54) is 25.7 Å². The average molecular weight is 313 g/mol. The summed E-state index contributed by atoms with van der Waals surface area (Å²) in [6.45, 7) is 4.39. The summed E-state index contributed by atoms with van der Waals surface area (Å²) in [6, 6.07) is 7.46. The van der Waals surface area contributed by atoms with E-state index < -0.39 is 0 Å². The lowest BCUT2D eigenvalue weighted by Gasteiger charge is -2.13. The molecule has 124 valence electrons. The lowest BCUT2D eigenvalue weighted by Crippen LogP contribution is -2.06. The molecule has 0 saturated heterocycles. The number of aromatic nitrogens is 3. The minimum atomic E-state index is 0.288. The summed E-state index contributed by atoms with van der Waals surface area (Å²) in [5, 5.41) is 22.8. The first kappa shape index (κ1) is 17.4. The maximum Gasteiger partial charge on any atom is 0.123 e. The van der Waals surface area contributed by atoms with Crippen molar-refractivity contribution in [3.05, 3.63) is 35.7 Å². The highest BCUT2D eigenvalue weighted by molar-refractivity contribution is 5.73. The molecular weight excluding hydrogens is 286 g/mol. The van der Waals surface area contributed by atoms with Gasteiger partial charge in [0.2, 0.25) is 0 Å². The zero-order valence-corrected chi connectivity index (χ0v) is 14.3. The van der Waals surface area contributed by atoms with Crippen LogP contribution in [0.1, 0.15) is 63.8 Å². The number of hydrogen-bond acceptors (Lipinski definition) is 4. The number of phenolic OH excluding ortho intramolecular Hbond substituents is 1. The largest absolute Gasteiger partial charge is 0.507 e. The monoisotopic (exact) mass is 313 g/mol. The van der Waals surface area contributed by atoms with E-state index in [4.69, 9.17) is 0 Å². The lowest BCUT2D eigenvalue weighted by atomic mass is 9.96. The molecular formula is C19H27N3O. The zero-order chi connectivity index (χ0) is 16.5. The molecule has 4 heteroatoms. The molecule has 0 atom stereocenters. The quantitative estimate of drug-likeness (QED) is 0.681. The lowest BCUT2D eigenvalue weighted by molar-refractivity contribution is 0.477. The van der Waals surface area contributed by atoms with Gasteiger partial charge in [-0.1, -0.05) is 57.7 Å². The third-order valence-corrected chi connectivity index (χ3v) is 4.12. The van der Waals surface area contributed by atoms with Crippen molar-refractivity contribution in [3.8, 4) is 16.9 Å². The van der Waals surface area contributed by atoms with Crippen LogP contribution in [0.25, 0.3) is 11.1 Å². The Morgan fingerprint density at radius 3 is 1.91 bits per heavy atom. The summed E-state index contributed by atoms with van der Waals surface area (Å²) in [4.78, 5) is 0. The number of benzene rings is 1. The van der Waals surface area contributed by atoms with E-state index in [1.807, 2.05) is 18.2 Å². The summed E-state index contributed by atoms with van der Waals surface area (Å²) in [5.41, 5.74) is 3.74. The van der Waals surface area contributed by atoms with Crippen molar-refractivity contribution in [1.29, 1.82) is 0 Å². The van der Waals surface area contributed by atoms with Crippen molar-refractivity contribution in [2.45, 2.75) is 65.2 Å². The van der Waals surface area contributed by atoms with Crippen molar-refractivity contribution >= 4 is 0 Å². The van der Waals surface area contributed by atoms with Gasteiger partial charge in [-0.3, -0.25) is 0 Å². The van der Waals surface area contributed by atoms with E-state index in [0.29, 0.717) is 0 Å². The van der Waals surface area contributed by atoms with Crippen molar-refractivity contribution in [2.24, 2.45) is 0 Å². The minimum Gasteiger partial charge on any atom is -0.507 e. The van der Waals surface area contributed by atoms with Gasteiger partial charge >= 0.3 is 0 Å². The highest BCUT2D eigenvalue weighted by Crippen LogP contribution is 2.33. The first-order chi connectivity index (χ1) is 11.3. The van der Waals surface area contributed by atoms with Gasteiger partial charge in [-0.05, 0) is 37.0 Å². The summed E-state index contributed by atoms with van der Waals surface area (Å²) in [7, 11) is 0. The van der Waals surface area contributed by atoms with Crippen molar-refractivity contribution in [2.75, 3.05) is 0 Å². The number of para-hydroxylation sites is 1. The van der Waals surface area contributed by atoms with Crippen molar-refractivity contribution in [1.82, 2.24) is 15.4 Å². The van der Waals surface area contributed by atoms with Gasteiger partial charge in [-0.15, -0.1) is 10.2 Å². The summed E-state index contributed by atoms with van der Waals surface area (Å²) < 4.78 is 0. The van der Waals surface area contributed by atoms with Gasteiger partial charge in [0.25, 0.3) is 0 Å². The van der Waals surface area contributed by atoms with Crippen LogP contribution >= 0.6 is 0 Å². The Hall–Kier alpha value is -1.97. The SMILES string of the molecule is CCCCCc1nnnc(CCCCC)c1-c1ccccc1O. The van der Waals surface area contributed by atoms with E-state index >= 15 is 0 Å². The molecule has 0 unspecified atom stereocenters. The molecule has 23 heavy (non-hydrogen) atoms. The van der Waals surface area contributed by atoms with Crippen LogP contribution in [0.4, 0.5) is 0 Å². The van der Waals surface area contributed by atoms with Crippen LogP contribution in [0.5, 0.6) is 5.75 Å². The summed E-state index contributed by atoms with van der Waals surface area (Å²) in [6.07, 6.45) is 8.64. The second-order valence-electron chi connectivity index (χ2n) is 5.99. The highest BCUT2D eigenvalue weighted by Gasteiger charge is 2.17. The number of aryl methyl sites for hydroxylation is 2. The maximum absolute atomic E-state index is 10.3. The van der Waals surface area contributed by atoms with Crippen molar-refractivity contribution in [3.63, 3.8) is 0 Å². The van der Waals surface area contributed by atoms with Gasteiger partial charge in [0.15, 0.2) is 0 Å². The fourth-order valence-electron chi connectivity index (χ4n) is 2.83. The molecule has 4 nitrogen and oxygen atoms in total. The Morgan fingerprint density at radius 2 is 1.39 bits per heavy atom. The Morgan fingerprint density at radius 1 is 0.826 bits per heavy atom. The molecule has 0 radical (unpaired) electrons. The van der Waals surface area contributed by atoms with E-state index in [0.717, 1.165) is 48.2 Å². The Labute approximate surface area is 139 Å². The standard InChI is InChI=1S/C19H27N3O/c1-3-5-7-12-16-19(15-11-9-10-14-18(15)23)17(21-22-20-16)13-8-6-4-2/h9-11,14,23H,3-8,12-13H2,1-2H3. The number of rotatable bonds is 9. The minimum absolute atomic E-state index is 0.288. The molecule has 2 rings (SSSR count). The molecule has 1 aromatic carbocycles. The second kappa shape index (κ2) is 9.23. The van der Waals surface area contributed by atoms with Gasteiger partial charge in [0.05, 0.1) is 11.4 Å². The van der Waals surface area contributed by atoms with E-state index in [2.05, 4.69) is 29.3 Å². The molecule has 0 spiro atoms. The van der Waals surface area contributed by atoms with Crippen LogP contribution in [0, 0.1) is 0 Å². The first-order valence-electron chi connectivity index (χ1n) is 8.77. The molecule has 0 saturated carbocycles. The molecule has 0 aliphatic carbocycles. The predicted octanol–water partition coefficient (Wildman–Crippen LogP) is 4.71. The summed E-state index contributed by atoms with van der Waals surface area (Å²) in [5.74, 6) is 0.288. The van der Waals surface area contributed by atoms with Crippen LogP contribution in [0.2, 0.25) is 0 Å². The van der Waals surface area contributed by atoms with E-state index in [9.17, 15) is 5.11 Å². The number of nitrogens with zero attached hydrogens (tertiary/aromatic N) is 3. The smallest absolute Gasteiger partial charge is 0.123 e. The van der Waals surface area contributed by atoms with E-state index in [1.54, 1.807) is 6.07 Å². The third-order valence-electron chi connectivity index (χ3n) is 4.12. The van der Waals surface area contributed by atoms with Gasteiger partial charge in [-0.2, -0.15) is 0 Å². The molecule has 0 fully saturated rings. The second-order valence-corrected chi connectivity index (χ2v) is 5.99. The van der Waals surface area contributed by atoms with Crippen LogP contribution in [-0.2, 0) is 12.8 Å². The van der Waals surface area contributed by atoms with Gasteiger partial charge in [0.1, 0.15) is 5.75 Å². The number of phenols is 1. The number of hydrogen-bond donors (Lipinski definition) is 1. The van der Waals surface area contributed by atoms with Crippen LogP contribution < -0.4 is 0 Å². The summed E-state index contributed by atoms with van der Waals surface area (Å²) >= 11 is 0. The first-order valence-corrected chi connectivity index (χ1v) is 8.77. The van der Waals surface area contributed by atoms with Crippen LogP contribution in [-0.4, -0.2) is 20.5 Å². The van der Waals surface area contributed by atoms with Crippen LogP contribution in [0.15, 0.2) is 24.3 Å². The van der Waals surface area contributed by atoms with Gasteiger partial charge in [-0.25, -0.2) is 0 Å². The Kier molecular flexibility index (Phi) is 6.98. The molecule has 0 aliphatic heterocycles. The number of unbranched alkanes of at least 4 members (excludes halogenated alkanes) is 4. The van der Waals surface area contributed by atoms with E-state index in [-0.39, 0.29) is 5.75 Å². The zero-order valence-electron chi connectivity index (χ0n) is 14.3. The highest BCUT2D eigenvalue weighted by atomic mass is 16.3. The normalized spacial score (nSPS) is 10.9. The van der Waals surface area contributed by atoms with Gasteiger partial charge < -0.3 is 5.11 Å². The molecule has 1 N–H and O–H groups in total. The number of aromatic hydroxyl groups is 1. The fourth-order valence-corrected chi connectivity index (χ4v) is 2.83. The third kappa shape index (κ3) is 4.75. The molecule has 1 heterocycles. The van der Waals surface area contributed by atoms with Crippen LogP contribution in [0.3, 0.4) is 0 Å². The van der Waals surface area contributed by atoms with Gasteiger partial charge in [0, 0.05) is 11.1 Å². The average Bonchev–Trinajstić information content (AvgIpc) is 2.56. The molecule has 2 aromatic rings. The fraction of sp³-hybridized carbons (Fsp3) is 0.526. The maximum atomic E-state index is 10.3. The van der Waals surface area contributed by atoms with Crippen molar-refractivity contribution < 1.29 is 5.11 Å². The topological polar surface area (TPSA) is 58.9 Å².